The standard InChI is InChI=1S/C6H13N3/c1-6(2,3)5-4-7-9-8-5/h5H,4H2,1-3H3,(H,7,8). The normalized spacial score (nSPS) is 26.3. The Morgan fingerprint density at radius 1 is 1.44 bits per heavy atom. The first-order valence-electron chi connectivity index (χ1n) is 3.23. The second kappa shape index (κ2) is 1.97. The Labute approximate surface area is 55.5 Å². The van der Waals surface area contributed by atoms with Crippen LogP contribution in [0.3, 0.4) is 0 Å². The van der Waals surface area contributed by atoms with Gasteiger partial charge in [-0.15, -0.1) is 0 Å². The van der Waals surface area contributed by atoms with E-state index >= 15 is 0 Å². The summed E-state index contributed by atoms with van der Waals surface area (Å²) in [6.45, 7) is 7.40. The Kier molecular flexibility index (Phi) is 1.43. The van der Waals surface area contributed by atoms with Gasteiger partial charge in [0.2, 0.25) is 0 Å². The largest absolute Gasteiger partial charge is 0.290 e. The van der Waals surface area contributed by atoms with Gasteiger partial charge in [0.1, 0.15) is 0 Å². The van der Waals surface area contributed by atoms with Gasteiger partial charge in [0.15, 0.2) is 0 Å². The van der Waals surface area contributed by atoms with E-state index in [1.54, 1.807) is 0 Å². The molecule has 0 aliphatic carbocycles. The minimum Gasteiger partial charge on any atom is -0.290 e. The van der Waals surface area contributed by atoms with Crippen LogP contribution in [0.2, 0.25) is 0 Å². The highest BCUT2D eigenvalue weighted by molar-refractivity contribution is 4.82. The van der Waals surface area contributed by atoms with Crippen LogP contribution in [0, 0.1) is 5.41 Å². The van der Waals surface area contributed by atoms with Gasteiger partial charge in [0.25, 0.3) is 0 Å². The molecule has 0 amide bonds. The molecule has 3 nitrogen and oxygen atoms in total. The second-order valence-electron chi connectivity index (χ2n) is 3.46. The van der Waals surface area contributed by atoms with Gasteiger partial charge in [-0.25, -0.2) is 0 Å². The van der Waals surface area contributed by atoms with Crippen molar-refractivity contribution >= 4 is 0 Å². The Morgan fingerprint density at radius 3 is 2.33 bits per heavy atom. The summed E-state index contributed by atoms with van der Waals surface area (Å²) < 4.78 is 0. The molecule has 0 saturated heterocycles. The summed E-state index contributed by atoms with van der Waals surface area (Å²) >= 11 is 0. The van der Waals surface area contributed by atoms with Gasteiger partial charge >= 0.3 is 0 Å². The third-order valence-corrected chi connectivity index (χ3v) is 1.55. The first-order chi connectivity index (χ1) is 4.11. The number of nitrogens with zero attached hydrogens (tertiary/aromatic N) is 2. The quantitative estimate of drug-likeness (QED) is 0.524. The summed E-state index contributed by atoms with van der Waals surface area (Å²) in [5, 5.41) is 7.73. The van der Waals surface area contributed by atoms with E-state index in [0.717, 1.165) is 6.54 Å². The molecule has 3 heteroatoms. The number of rotatable bonds is 0. The van der Waals surface area contributed by atoms with Gasteiger partial charge in [-0.1, -0.05) is 26.0 Å². The zero-order valence-electron chi connectivity index (χ0n) is 6.18. The molecule has 1 aliphatic rings. The lowest BCUT2D eigenvalue weighted by Gasteiger charge is -2.21. The van der Waals surface area contributed by atoms with E-state index in [9.17, 15) is 0 Å². The zero-order valence-corrected chi connectivity index (χ0v) is 6.18. The highest BCUT2D eigenvalue weighted by Gasteiger charge is 2.26. The van der Waals surface area contributed by atoms with Crippen molar-refractivity contribution in [2.45, 2.75) is 26.8 Å². The third kappa shape index (κ3) is 1.40. The topological polar surface area (TPSA) is 36.8 Å². The summed E-state index contributed by atoms with van der Waals surface area (Å²) in [7, 11) is 0. The molecule has 0 bridgehead atoms. The Hall–Kier alpha value is -0.600. The first kappa shape index (κ1) is 6.52. The lowest BCUT2D eigenvalue weighted by Crippen LogP contribution is -2.28. The van der Waals surface area contributed by atoms with E-state index in [-0.39, 0.29) is 5.41 Å². The fourth-order valence-electron chi connectivity index (χ4n) is 0.758. The Morgan fingerprint density at radius 2 is 2.11 bits per heavy atom. The molecule has 52 valence electrons. The van der Waals surface area contributed by atoms with Gasteiger partial charge in [0.05, 0.1) is 12.6 Å². The van der Waals surface area contributed by atoms with Crippen LogP contribution in [-0.4, -0.2) is 12.6 Å². The van der Waals surface area contributed by atoms with Crippen LogP contribution in [0.5, 0.6) is 0 Å². The van der Waals surface area contributed by atoms with Gasteiger partial charge in [-0.3, -0.25) is 5.43 Å². The molecule has 1 heterocycles. The van der Waals surface area contributed by atoms with E-state index < -0.39 is 0 Å². The van der Waals surface area contributed by atoms with Crippen LogP contribution in [0.25, 0.3) is 0 Å². The summed E-state index contributed by atoms with van der Waals surface area (Å²) in [5.74, 6) is 0. The monoisotopic (exact) mass is 127 g/mol. The predicted molar refractivity (Wildman–Crippen MR) is 36.1 cm³/mol. The number of hydrogen-bond acceptors (Lipinski definition) is 3. The van der Waals surface area contributed by atoms with Gasteiger partial charge in [-0.2, -0.15) is 5.11 Å². The number of nitrogens with one attached hydrogen (secondary N) is 1. The van der Waals surface area contributed by atoms with Crippen molar-refractivity contribution in [3.63, 3.8) is 0 Å². The molecule has 1 N–H and O–H groups in total. The molecule has 0 aromatic carbocycles. The molecule has 0 spiro atoms. The Bertz CT molecular complexity index is 123. The van der Waals surface area contributed by atoms with E-state index in [2.05, 4.69) is 36.5 Å². The maximum Gasteiger partial charge on any atom is 0.0966 e. The fourth-order valence-corrected chi connectivity index (χ4v) is 0.758. The summed E-state index contributed by atoms with van der Waals surface area (Å²) in [6, 6.07) is 0.359. The zero-order chi connectivity index (χ0) is 6.91. The van der Waals surface area contributed by atoms with Crippen molar-refractivity contribution in [2.24, 2.45) is 15.8 Å². The maximum atomic E-state index is 4.02. The van der Waals surface area contributed by atoms with Crippen molar-refractivity contribution in [2.75, 3.05) is 6.54 Å². The van der Waals surface area contributed by atoms with E-state index in [4.69, 9.17) is 0 Å². The molecule has 1 atom stereocenters. The molecular weight excluding hydrogens is 114 g/mol. The molecule has 1 rings (SSSR count). The van der Waals surface area contributed by atoms with Gasteiger partial charge in [0, 0.05) is 0 Å². The maximum absolute atomic E-state index is 4.02. The molecular formula is C6H13N3. The molecule has 1 unspecified atom stereocenters. The van der Waals surface area contributed by atoms with E-state index in [1.165, 1.54) is 0 Å². The van der Waals surface area contributed by atoms with E-state index in [1.807, 2.05) is 0 Å². The van der Waals surface area contributed by atoms with Crippen molar-refractivity contribution in [3.8, 4) is 0 Å². The van der Waals surface area contributed by atoms with E-state index in [0.29, 0.717) is 6.04 Å². The van der Waals surface area contributed by atoms with Crippen LogP contribution in [0.1, 0.15) is 20.8 Å². The van der Waals surface area contributed by atoms with Crippen molar-refractivity contribution in [3.05, 3.63) is 0 Å². The Balaban J connectivity index is 2.53. The highest BCUT2D eigenvalue weighted by Crippen LogP contribution is 2.23. The molecule has 0 aromatic heterocycles. The molecule has 0 radical (unpaired) electrons. The minimum absolute atomic E-state index is 0.257. The molecule has 0 saturated carbocycles. The van der Waals surface area contributed by atoms with Crippen LogP contribution < -0.4 is 5.43 Å². The van der Waals surface area contributed by atoms with Crippen LogP contribution in [0.4, 0.5) is 0 Å². The van der Waals surface area contributed by atoms with Crippen molar-refractivity contribution in [1.82, 2.24) is 5.43 Å². The molecule has 1 aliphatic heterocycles. The van der Waals surface area contributed by atoms with Gasteiger partial charge in [-0.05, 0) is 5.41 Å². The van der Waals surface area contributed by atoms with Crippen molar-refractivity contribution in [1.29, 1.82) is 0 Å². The van der Waals surface area contributed by atoms with Crippen LogP contribution in [-0.2, 0) is 0 Å². The number of hydrogen-bond donors (Lipinski definition) is 1. The smallest absolute Gasteiger partial charge is 0.0966 e. The van der Waals surface area contributed by atoms with Crippen LogP contribution >= 0.6 is 0 Å². The highest BCUT2D eigenvalue weighted by atomic mass is 15.5. The average molecular weight is 127 g/mol. The summed E-state index contributed by atoms with van der Waals surface area (Å²) in [4.78, 5) is 0. The predicted octanol–water partition coefficient (Wildman–Crippen LogP) is 1.37. The molecule has 0 fully saturated rings. The minimum atomic E-state index is 0.257. The second-order valence-corrected chi connectivity index (χ2v) is 3.46. The lowest BCUT2D eigenvalue weighted by molar-refractivity contribution is 0.333. The van der Waals surface area contributed by atoms with Crippen LogP contribution in [0.15, 0.2) is 10.3 Å². The molecule has 9 heavy (non-hydrogen) atoms. The summed E-state index contributed by atoms with van der Waals surface area (Å²) in [5.41, 5.74) is 3.09. The third-order valence-electron chi connectivity index (χ3n) is 1.55. The molecule has 0 aromatic rings. The fraction of sp³-hybridized carbons (Fsp3) is 1.00. The summed E-state index contributed by atoms with van der Waals surface area (Å²) in [6.07, 6.45) is 0. The average Bonchev–Trinajstić information content (AvgIpc) is 2.08. The SMILES string of the molecule is CC(C)(C)C1CNN=N1. The first-order valence-corrected chi connectivity index (χ1v) is 3.23. The van der Waals surface area contributed by atoms with Gasteiger partial charge < -0.3 is 0 Å². The lowest BCUT2D eigenvalue weighted by atomic mass is 9.88. The van der Waals surface area contributed by atoms with Crippen molar-refractivity contribution < 1.29 is 0 Å².